The van der Waals surface area contributed by atoms with Gasteiger partial charge in [-0.1, -0.05) is 30.3 Å². The Morgan fingerprint density at radius 2 is 1.75 bits per heavy atom. The van der Waals surface area contributed by atoms with Gasteiger partial charge in [0.25, 0.3) is 0 Å². The number of halogens is 2. The lowest BCUT2D eigenvalue weighted by atomic mass is 10.1. The highest BCUT2D eigenvalue weighted by Gasteiger charge is 2.13. The van der Waals surface area contributed by atoms with Gasteiger partial charge in [-0.2, -0.15) is 0 Å². The highest BCUT2D eigenvalue weighted by molar-refractivity contribution is 5.86. The lowest BCUT2D eigenvalue weighted by Crippen LogP contribution is -2.02. The Morgan fingerprint density at radius 3 is 2.50 bits per heavy atom. The largest absolute Gasteiger partial charge is 0.507 e. The maximum atomic E-state index is 13.7. The van der Waals surface area contributed by atoms with Crippen molar-refractivity contribution in [2.45, 2.75) is 6.61 Å². The van der Waals surface area contributed by atoms with Crippen LogP contribution in [0, 0.1) is 11.6 Å². The van der Waals surface area contributed by atoms with Crippen LogP contribution in [0.25, 0.3) is 22.3 Å². The minimum absolute atomic E-state index is 0.0278. The third-order valence-electron chi connectivity index (χ3n) is 4.25. The van der Waals surface area contributed by atoms with Gasteiger partial charge in [-0.15, -0.1) is 0 Å². The molecule has 3 aromatic carbocycles. The molecule has 0 amide bonds. The predicted octanol–water partition coefficient (Wildman–Crippen LogP) is 5.02. The molecule has 140 valence electrons. The zero-order valence-corrected chi connectivity index (χ0v) is 14.5. The third-order valence-corrected chi connectivity index (χ3v) is 4.25. The Labute approximate surface area is 158 Å². The number of phenolic OH excluding ortho intramolecular Hbond substituents is 1. The number of phenols is 1. The summed E-state index contributed by atoms with van der Waals surface area (Å²) in [5, 5.41) is 10.2. The van der Waals surface area contributed by atoms with E-state index in [0.717, 1.165) is 12.1 Å². The summed E-state index contributed by atoms with van der Waals surface area (Å²) < 4.78 is 38.0. The molecular formula is C22H14F2O4. The van der Waals surface area contributed by atoms with Gasteiger partial charge in [-0.3, -0.25) is 4.79 Å². The van der Waals surface area contributed by atoms with Crippen LogP contribution in [0.1, 0.15) is 5.56 Å². The number of ether oxygens (including phenoxy) is 1. The zero-order chi connectivity index (χ0) is 19.7. The molecular weight excluding hydrogens is 366 g/mol. The second-order valence-electron chi connectivity index (χ2n) is 6.18. The fourth-order valence-electron chi connectivity index (χ4n) is 2.87. The quantitative estimate of drug-likeness (QED) is 0.540. The average Bonchev–Trinajstić information content (AvgIpc) is 2.67. The first kappa shape index (κ1) is 17.7. The highest BCUT2D eigenvalue weighted by atomic mass is 19.1. The summed E-state index contributed by atoms with van der Waals surface area (Å²) in [5.74, 6) is -1.19. The van der Waals surface area contributed by atoms with Crippen LogP contribution in [-0.4, -0.2) is 5.11 Å². The van der Waals surface area contributed by atoms with E-state index in [9.17, 15) is 18.7 Å². The minimum Gasteiger partial charge on any atom is -0.507 e. The van der Waals surface area contributed by atoms with Crippen molar-refractivity contribution in [3.05, 3.63) is 94.2 Å². The van der Waals surface area contributed by atoms with Crippen LogP contribution in [-0.2, 0) is 6.61 Å². The standard InChI is InChI=1S/C22H14F2O4/c23-15-7-6-14(17(24)8-15)12-27-16-9-18(25)22-19(26)11-20(28-21(22)10-16)13-4-2-1-3-5-13/h1-11,25H,12H2. The number of hydrogen-bond acceptors (Lipinski definition) is 4. The number of hydrogen-bond donors (Lipinski definition) is 1. The summed E-state index contributed by atoms with van der Waals surface area (Å²) in [4.78, 5) is 12.4. The molecule has 0 aliphatic heterocycles. The molecule has 0 spiro atoms. The van der Waals surface area contributed by atoms with Gasteiger partial charge in [0, 0.05) is 35.4 Å². The molecule has 0 atom stereocenters. The molecule has 4 nitrogen and oxygen atoms in total. The molecule has 0 aliphatic rings. The molecule has 0 unspecified atom stereocenters. The second kappa shape index (κ2) is 7.15. The van der Waals surface area contributed by atoms with Gasteiger partial charge in [-0.25, -0.2) is 8.78 Å². The number of benzene rings is 3. The normalized spacial score (nSPS) is 10.9. The predicted molar refractivity (Wildman–Crippen MR) is 100 cm³/mol. The molecule has 4 aromatic rings. The maximum absolute atomic E-state index is 13.7. The van der Waals surface area contributed by atoms with Crippen molar-refractivity contribution in [3.8, 4) is 22.8 Å². The van der Waals surface area contributed by atoms with Crippen LogP contribution in [0.15, 0.2) is 75.9 Å². The van der Waals surface area contributed by atoms with E-state index in [2.05, 4.69) is 0 Å². The van der Waals surface area contributed by atoms with Crippen molar-refractivity contribution in [1.29, 1.82) is 0 Å². The molecule has 0 saturated heterocycles. The van der Waals surface area contributed by atoms with Gasteiger partial charge in [0.05, 0.1) is 0 Å². The van der Waals surface area contributed by atoms with E-state index in [1.165, 1.54) is 24.3 Å². The molecule has 1 heterocycles. The van der Waals surface area contributed by atoms with Crippen LogP contribution in [0.4, 0.5) is 8.78 Å². The van der Waals surface area contributed by atoms with Gasteiger partial charge >= 0.3 is 0 Å². The molecule has 0 bridgehead atoms. The highest BCUT2D eigenvalue weighted by Crippen LogP contribution is 2.31. The van der Waals surface area contributed by atoms with Crippen molar-refractivity contribution < 1.29 is 23.0 Å². The van der Waals surface area contributed by atoms with Gasteiger partial charge < -0.3 is 14.3 Å². The summed E-state index contributed by atoms with van der Waals surface area (Å²) in [5.41, 5.74) is 0.607. The summed E-state index contributed by atoms with van der Waals surface area (Å²) in [6.45, 7) is -0.181. The van der Waals surface area contributed by atoms with Crippen LogP contribution >= 0.6 is 0 Å². The summed E-state index contributed by atoms with van der Waals surface area (Å²) in [6, 6.07) is 16.2. The number of rotatable bonds is 4. The summed E-state index contributed by atoms with van der Waals surface area (Å²) >= 11 is 0. The monoisotopic (exact) mass is 380 g/mol. The van der Waals surface area contributed by atoms with E-state index < -0.39 is 17.1 Å². The van der Waals surface area contributed by atoms with Gasteiger partial charge in [0.1, 0.15) is 46.5 Å². The smallest absolute Gasteiger partial charge is 0.197 e. The second-order valence-corrected chi connectivity index (χ2v) is 6.18. The zero-order valence-electron chi connectivity index (χ0n) is 14.5. The van der Waals surface area contributed by atoms with Gasteiger partial charge in [0.2, 0.25) is 0 Å². The Bertz CT molecular complexity index is 1220. The Kier molecular flexibility index (Phi) is 4.53. The van der Waals surface area contributed by atoms with E-state index in [0.29, 0.717) is 11.3 Å². The van der Waals surface area contributed by atoms with E-state index in [4.69, 9.17) is 9.15 Å². The Morgan fingerprint density at radius 1 is 0.964 bits per heavy atom. The van der Waals surface area contributed by atoms with E-state index in [1.807, 2.05) is 18.2 Å². The summed E-state index contributed by atoms with van der Waals surface area (Å²) in [7, 11) is 0. The molecule has 0 fully saturated rings. The first-order valence-electron chi connectivity index (χ1n) is 8.44. The van der Waals surface area contributed by atoms with Gasteiger partial charge in [-0.05, 0) is 12.1 Å². The van der Waals surface area contributed by atoms with Crippen LogP contribution in [0.3, 0.4) is 0 Å². The van der Waals surface area contributed by atoms with Crippen molar-refractivity contribution >= 4 is 11.0 Å². The maximum Gasteiger partial charge on any atom is 0.197 e. The fraction of sp³-hybridized carbons (Fsp3) is 0.0455. The molecule has 0 radical (unpaired) electrons. The van der Waals surface area contributed by atoms with Crippen LogP contribution in [0.2, 0.25) is 0 Å². The van der Waals surface area contributed by atoms with Crippen molar-refractivity contribution in [2.24, 2.45) is 0 Å². The molecule has 0 saturated carbocycles. The SMILES string of the molecule is O=c1cc(-c2ccccc2)oc2cc(OCc3ccc(F)cc3F)cc(O)c12. The molecule has 1 N–H and O–H groups in total. The third kappa shape index (κ3) is 3.44. The molecule has 6 heteroatoms. The molecule has 28 heavy (non-hydrogen) atoms. The van der Waals surface area contributed by atoms with Crippen molar-refractivity contribution in [2.75, 3.05) is 0 Å². The minimum atomic E-state index is -0.733. The summed E-state index contributed by atoms with van der Waals surface area (Å²) in [6.07, 6.45) is 0. The lowest BCUT2D eigenvalue weighted by Gasteiger charge is -2.10. The van der Waals surface area contributed by atoms with E-state index in [1.54, 1.807) is 12.1 Å². The molecule has 4 rings (SSSR count). The Balaban J connectivity index is 1.71. The fourth-order valence-corrected chi connectivity index (χ4v) is 2.87. The number of fused-ring (bicyclic) bond motifs is 1. The molecule has 1 aromatic heterocycles. The number of aromatic hydroxyl groups is 1. The van der Waals surface area contributed by atoms with Crippen LogP contribution < -0.4 is 10.2 Å². The van der Waals surface area contributed by atoms with Crippen LogP contribution in [0.5, 0.6) is 11.5 Å². The first-order valence-corrected chi connectivity index (χ1v) is 8.44. The topological polar surface area (TPSA) is 59.7 Å². The van der Waals surface area contributed by atoms with E-state index in [-0.39, 0.29) is 34.6 Å². The van der Waals surface area contributed by atoms with Crippen molar-refractivity contribution in [3.63, 3.8) is 0 Å². The van der Waals surface area contributed by atoms with Crippen molar-refractivity contribution in [1.82, 2.24) is 0 Å². The lowest BCUT2D eigenvalue weighted by molar-refractivity contribution is 0.298. The van der Waals surface area contributed by atoms with E-state index >= 15 is 0 Å². The Hall–Kier alpha value is -3.67. The first-order chi connectivity index (χ1) is 13.5. The van der Waals surface area contributed by atoms with Gasteiger partial charge in [0.15, 0.2) is 5.43 Å². The molecule has 0 aliphatic carbocycles. The average molecular weight is 380 g/mol.